The van der Waals surface area contributed by atoms with Crippen molar-refractivity contribution in [3.8, 4) is 0 Å². The number of nitrogens with one attached hydrogen (secondary N) is 1. The molecule has 0 aliphatic heterocycles. The summed E-state index contributed by atoms with van der Waals surface area (Å²) in [7, 11) is -3.90. The maximum atomic E-state index is 13.1. The van der Waals surface area contributed by atoms with Crippen LogP contribution in [0.5, 0.6) is 0 Å². The van der Waals surface area contributed by atoms with Crippen molar-refractivity contribution >= 4 is 45.3 Å². The summed E-state index contributed by atoms with van der Waals surface area (Å²) in [4.78, 5) is 12.6. The molecule has 0 saturated heterocycles. The Bertz CT molecular complexity index is 1170. The predicted octanol–water partition coefficient (Wildman–Crippen LogP) is 4.33. The van der Waals surface area contributed by atoms with Crippen LogP contribution in [-0.2, 0) is 21.4 Å². The third-order valence-electron chi connectivity index (χ3n) is 4.26. The van der Waals surface area contributed by atoms with Crippen molar-refractivity contribution in [1.82, 2.24) is 9.73 Å². The largest absolute Gasteiger partial charge is 0.272 e. The first-order valence-corrected chi connectivity index (χ1v) is 11.4. The van der Waals surface area contributed by atoms with Gasteiger partial charge in [0.2, 0.25) is 10.0 Å². The second kappa shape index (κ2) is 10.5. The van der Waals surface area contributed by atoms with Crippen LogP contribution in [0.15, 0.2) is 88.9 Å². The number of rotatable bonds is 8. The van der Waals surface area contributed by atoms with Crippen molar-refractivity contribution in [2.24, 2.45) is 5.10 Å². The number of hydrazone groups is 1. The van der Waals surface area contributed by atoms with Gasteiger partial charge in [-0.05, 0) is 29.8 Å². The van der Waals surface area contributed by atoms with Crippen LogP contribution in [0, 0.1) is 0 Å². The van der Waals surface area contributed by atoms with E-state index in [-0.39, 0.29) is 11.4 Å². The van der Waals surface area contributed by atoms with E-state index in [1.807, 2.05) is 18.2 Å². The summed E-state index contributed by atoms with van der Waals surface area (Å²) < 4.78 is 27.4. The number of amides is 1. The van der Waals surface area contributed by atoms with Crippen LogP contribution in [-0.4, -0.2) is 31.4 Å². The summed E-state index contributed by atoms with van der Waals surface area (Å²) in [5.41, 5.74) is 3.66. The first kappa shape index (κ1) is 23.0. The molecule has 9 heteroatoms. The van der Waals surface area contributed by atoms with Crippen molar-refractivity contribution < 1.29 is 13.2 Å². The zero-order chi connectivity index (χ0) is 22.3. The Labute approximate surface area is 191 Å². The van der Waals surface area contributed by atoms with Gasteiger partial charge in [-0.15, -0.1) is 0 Å². The Hall–Kier alpha value is -2.71. The Morgan fingerprint density at radius 2 is 1.61 bits per heavy atom. The van der Waals surface area contributed by atoms with Crippen LogP contribution in [0.3, 0.4) is 0 Å². The highest BCUT2D eigenvalue weighted by molar-refractivity contribution is 7.89. The van der Waals surface area contributed by atoms with E-state index < -0.39 is 22.5 Å². The number of sulfonamides is 1. The fourth-order valence-electron chi connectivity index (χ4n) is 2.73. The Kier molecular flexibility index (Phi) is 7.81. The fourth-order valence-corrected chi connectivity index (χ4v) is 4.59. The molecule has 0 fully saturated rings. The molecule has 0 atom stereocenters. The van der Waals surface area contributed by atoms with E-state index in [1.165, 1.54) is 18.3 Å². The van der Waals surface area contributed by atoms with Gasteiger partial charge in [0, 0.05) is 17.1 Å². The first-order chi connectivity index (χ1) is 14.9. The molecule has 3 rings (SSSR count). The normalized spacial score (nSPS) is 11.7. The van der Waals surface area contributed by atoms with Crippen molar-refractivity contribution in [3.63, 3.8) is 0 Å². The molecule has 0 spiro atoms. The Morgan fingerprint density at radius 3 is 2.26 bits per heavy atom. The third-order valence-corrected chi connectivity index (χ3v) is 6.63. The number of carbonyl (C=O) groups excluding carboxylic acids is 1. The number of hydrogen-bond donors (Lipinski definition) is 1. The molecule has 0 saturated carbocycles. The van der Waals surface area contributed by atoms with Crippen LogP contribution < -0.4 is 5.43 Å². The van der Waals surface area contributed by atoms with E-state index >= 15 is 0 Å². The van der Waals surface area contributed by atoms with E-state index in [0.29, 0.717) is 15.6 Å². The molecule has 3 aromatic rings. The summed E-state index contributed by atoms with van der Waals surface area (Å²) in [6.07, 6.45) is 1.36. The average Bonchev–Trinajstić information content (AvgIpc) is 2.76. The molecule has 3 aromatic carbocycles. The summed E-state index contributed by atoms with van der Waals surface area (Å²) >= 11 is 11.9. The molecule has 0 aliphatic rings. The second-order valence-electron chi connectivity index (χ2n) is 6.53. The summed E-state index contributed by atoms with van der Waals surface area (Å²) in [5.74, 6) is -0.586. The van der Waals surface area contributed by atoms with Gasteiger partial charge in [0.15, 0.2) is 0 Å². The molecule has 0 radical (unpaired) electrons. The Balaban J connectivity index is 1.76. The molecule has 1 amide bonds. The van der Waals surface area contributed by atoms with Crippen molar-refractivity contribution in [2.45, 2.75) is 11.4 Å². The van der Waals surface area contributed by atoms with E-state index in [0.717, 1.165) is 9.87 Å². The van der Waals surface area contributed by atoms with Gasteiger partial charge in [-0.2, -0.15) is 9.41 Å². The number of benzene rings is 3. The number of hydrogen-bond acceptors (Lipinski definition) is 4. The molecule has 6 nitrogen and oxygen atoms in total. The highest BCUT2D eigenvalue weighted by Gasteiger charge is 2.26. The van der Waals surface area contributed by atoms with E-state index in [1.54, 1.807) is 48.5 Å². The topological polar surface area (TPSA) is 78.8 Å². The molecular weight excluding hydrogens is 457 g/mol. The van der Waals surface area contributed by atoms with Crippen LogP contribution in [0.4, 0.5) is 0 Å². The zero-order valence-corrected chi connectivity index (χ0v) is 18.6. The van der Waals surface area contributed by atoms with Crippen LogP contribution >= 0.6 is 23.2 Å². The lowest BCUT2D eigenvalue weighted by Crippen LogP contribution is -2.39. The predicted molar refractivity (Wildman–Crippen MR) is 123 cm³/mol. The molecule has 160 valence electrons. The third kappa shape index (κ3) is 6.38. The standard InChI is InChI=1S/C22H19Cl2N3O3S/c23-19-12-11-18(21(24)13-19)14-25-26-22(28)16-27(15-17-7-3-1-4-8-17)31(29,30)20-9-5-2-6-10-20/h1-14H,15-16H2,(H,26,28)/b25-14+. The maximum absolute atomic E-state index is 13.1. The average molecular weight is 476 g/mol. The molecular formula is C22H19Cl2N3O3S. The highest BCUT2D eigenvalue weighted by Crippen LogP contribution is 2.20. The van der Waals surface area contributed by atoms with Gasteiger partial charge >= 0.3 is 0 Å². The smallest absolute Gasteiger partial charge is 0.255 e. The SMILES string of the molecule is O=C(CN(Cc1ccccc1)S(=O)(=O)c1ccccc1)N/N=C/c1ccc(Cl)cc1Cl. The number of carbonyl (C=O) groups is 1. The number of halogens is 2. The van der Waals surface area contributed by atoms with Gasteiger partial charge in [0.25, 0.3) is 5.91 Å². The van der Waals surface area contributed by atoms with Gasteiger partial charge in [-0.1, -0.05) is 77.8 Å². The van der Waals surface area contributed by atoms with E-state index in [9.17, 15) is 13.2 Å². The summed E-state index contributed by atoms with van der Waals surface area (Å²) in [5, 5.41) is 4.73. The minimum Gasteiger partial charge on any atom is -0.272 e. The van der Waals surface area contributed by atoms with Gasteiger partial charge in [0.1, 0.15) is 0 Å². The molecule has 0 heterocycles. The zero-order valence-electron chi connectivity index (χ0n) is 16.3. The van der Waals surface area contributed by atoms with Gasteiger partial charge in [-0.3, -0.25) is 4.79 Å². The van der Waals surface area contributed by atoms with Gasteiger partial charge in [-0.25, -0.2) is 13.8 Å². The summed E-state index contributed by atoms with van der Waals surface area (Å²) in [6, 6.07) is 21.9. The molecule has 0 unspecified atom stereocenters. The maximum Gasteiger partial charge on any atom is 0.255 e. The van der Waals surface area contributed by atoms with Crippen LogP contribution in [0.2, 0.25) is 10.0 Å². The fraction of sp³-hybridized carbons (Fsp3) is 0.0909. The minimum absolute atomic E-state index is 0.0399. The molecule has 0 bridgehead atoms. The Morgan fingerprint density at radius 1 is 0.968 bits per heavy atom. The lowest BCUT2D eigenvalue weighted by Gasteiger charge is -2.21. The van der Waals surface area contributed by atoms with Crippen molar-refractivity contribution in [2.75, 3.05) is 6.54 Å². The van der Waals surface area contributed by atoms with Crippen molar-refractivity contribution in [1.29, 1.82) is 0 Å². The summed E-state index contributed by atoms with van der Waals surface area (Å²) in [6.45, 7) is -0.365. The molecule has 1 N–H and O–H groups in total. The highest BCUT2D eigenvalue weighted by atomic mass is 35.5. The second-order valence-corrected chi connectivity index (χ2v) is 9.31. The number of nitrogens with zero attached hydrogens (tertiary/aromatic N) is 2. The molecule has 0 aromatic heterocycles. The van der Waals surface area contributed by atoms with Crippen molar-refractivity contribution in [3.05, 3.63) is 100 Å². The van der Waals surface area contributed by atoms with E-state index in [2.05, 4.69) is 10.5 Å². The van der Waals surface area contributed by atoms with Gasteiger partial charge in [0.05, 0.1) is 22.7 Å². The lowest BCUT2D eigenvalue weighted by atomic mass is 10.2. The molecule has 31 heavy (non-hydrogen) atoms. The first-order valence-electron chi connectivity index (χ1n) is 9.22. The van der Waals surface area contributed by atoms with Crippen LogP contribution in [0.25, 0.3) is 0 Å². The minimum atomic E-state index is -3.90. The monoisotopic (exact) mass is 475 g/mol. The molecule has 0 aliphatic carbocycles. The van der Waals surface area contributed by atoms with Gasteiger partial charge < -0.3 is 0 Å². The van der Waals surface area contributed by atoms with E-state index in [4.69, 9.17) is 23.2 Å². The van der Waals surface area contributed by atoms with Crippen LogP contribution in [0.1, 0.15) is 11.1 Å². The lowest BCUT2D eigenvalue weighted by molar-refractivity contribution is -0.121. The quantitative estimate of drug-likeness (QED) is 0.388.